The van der Waals surface area contributed by atoms with Gasteiger partial charge < -0.3 is 15.1 Å². The van der Waals surface area contributed by atoms with Gasteiger partial charge in [-0.05, 0) is 70.7 Å². The number of nitrogens with one attached hydrogen (secondary N) is 2. The van der Waals surface area contributed by atoms with E-state index in [2.05, 4.69) is 26.6 Å². The summed E-state index contributed by atoms with van der Waals surface area (Å²) in [6, 6.07) is 19.1. The van der Waals surface area contributed by atoms with E-state index >= 15 is 0 Å². The minimum absolute atomic E-state index is 0.0330. The van der Waals surface area contributed by atoms with Crippen LogP contribution in [0.15, 0.2) is 75.8 Å². The van der Waals surface area contributed by atoms with Gasteiger partial charge in [0.25, 0.3) is 5.91 Å². The molecule has 160 valence electrons. The molecule has 1 heterocycles. The molecular formula is C24H24BrN3O3. The molecule has 0 aliphatic heterocycles. The molecule has 1 fully saturated rings. The maximum absolute atomic E-state index is 12.7. The molecule has 1 saturated carbocycles. The number of carbonyl (C=O) groups excluding carboxylic acids is 2. The predicted molar refractivity (Wildman–Crippen MR) is 123 cm³/mol. The molecule has 31 heavy (non-hydrogen) atoms. The van der Waals surface area contributed by atoms with E-state index in [0.717, 1.165) is 34.3 Å². The average Bonchev–Trinajstić information content (AvgIpc) is 3.42. The summed E-state index contributed by atoms with van der Waals surface area (Å²) in [5, 5.41) is 5.94. The van der Waals surface area contributed by atoms with Gasteiger partial charge in [-0.25, -0.2) is 0 Å². The molecule has 1 aromatic heterocycles. The van der Waals surface area contributed by atoms with Gasteiger partial charge in [0.1, 0.15) is 5.76 Å². The van der Waals surface area contributed by atoms with E-state index in [1.54, 1.807) is 6.26 Å². The van der Waals surface area contributed by atoms with Crippen LogP contribution in [0.2, 0.25) is 0 Å². The maximum atomic E-state index is 12.7. The fourth-order valence-corrected chi connectivity index (χ4v) is 3.65. The van der Waals surface area contributed by atoms with Crippen LogP contribution in [0.4, 0.5) is 5.69 Å². The molecule has 3 aromatic rings. The monoisotopic (exact) mass is 481 g/mol. The molecule has 6 nitrogen and oxygen atoms in total. The molecule has 0 spiro atoms. The molecule has 1 aliphatic rings. The number of anilines is 1. The van der Waals surface area contributed by atoms with Crippen molar-refractivity contribution in [3.8, 4) is 0 Å². The summed E-state index contributed by atoms with van der Waals surface area (Å²) in [5.74, 6) is 0.641. The number of halogens is 1. The number of carbonyl (C=O) groups is 2. The van der Waals surface area contributed by atoms with Gasteiger partial charge >= 0.3 is 0 Å². The average molecular weight is 482 g/mol. The first kappa shape index (κ1) is 21.3. The lowest BCUT2D eigenvalue weighted by Crippen LogP contribution is -2.32. The van der Waals surface area contributed by atoms with Crippen LogP contribution in [0.25, 0.3) is 0 Å². The van der Waals surface area contributed by atoms with E-state index < -0.39 is 0 Å². The molecule has 0 atom stereocenters. The smallest absolute Gasteiger partial charge is 0.251 e. The Morgan fingerprint density at radius 1 is 1.00 bits per heavy atom. The fourth-order valence-electron chi connectivity index (χ4n) is 3.26. The van der Waals surface area contributed by atoms with Crippen molar-refractivity contribution in [1.82, 2.24) is 10.2 Å². The quantitative estimate of drug-likeness (QED) is 0.469. The van der Waals surface area contributed by atoms with E-state index in [1.165, 1.54) is 0 Å². The number of hydrogen-bond acceptors (Lipinski definition) is 4. The Hall–Kier alpha value is -2.90. The highest BCUT2D eigenvalue weighted by Gasteiger charge is 2.23. The lowest BCUT2D eigenvalue weighted by Gasteiger charge is -2.21. The first-order chi connectivity index (χ1) is 15.1. The van der Waals surface area contributed by atoms with E-state index in [9.17, 15) is 9.59 Å². The number of benzene rings is 2. The third-order valence-electron chi connectivity index (χ3n) is 5.01. The zero-order valence-electron chi connectivity index (χ0n) is 17.0. The van der Waals surface area contributed by atoms with Crippen molar-refractivity contribution in [2.75, 3.05) is 11.9 Å². The summed E-state index contributed by atoms with van der Waals surface area (Å²) in [6.07, 6.45) is 3.75. The van der Waals surface area contributed by atoms with E-state index in [1.807, 2.05) is 65.6 Å². The predicted octanol–water partition coefficient (Wildman–Crippen LogP) is 4.58. The van der Waals surface area contributed by atoms with Gasteiger partial charge in [0.15, 0.2) is 0 Å². The molecule has 0 unspecified atom stereocenters. The van der Waals surface area contributed by atoms with Gasteiger partial charge in [-0.1, -0.05) is 24.3 Å². The Balaban J connectivity index is 1.41. The third-order valence-corrected chi connectivity index (χ3v) is 5.70. The molecule has 7 heteroatoms. The van der Waals surface area contributed by atoms with E-state index in [4.69, 9.17) is 4.42 Å². The Kier molecular flexibility index (Phi) is 6.84. The Morgan fingerprint density at radius 3 is 2.45 bits per heavy atom. The van der Waals surface area contributed by atoms with Crippen molar-refractivity contribution in [3.05, 3.63) is 88.3 Å². The number of furan rings is 1. The van der Waals surface area contributed by atoms with Crippen molar-refractivity contribution >= 4 is 33.4 Å². The lowest BCUT2D eigenvalue weighted by molar-refractivity contribution is -0.117. The number of nitrogens with zero attached hydrogens (tertiary/aromatic N) is 1. The van der Waals surface area contributed by atoms with Crippen molar-refractivity contribution in [2.24, 2.45) is 0 Å². The fraction of sp³-hybridized carbons (Fsp3) is 0.250. The molecule has 0 saturated heterocycles. The number of hydrogen-bond donors (Lipinski definition) is 2. The lowest BCUT2D eigenvalue weighted by atomic mass is 10.1. The summed E-state index contributed by atoms with van der Waals surface area (Å²) >= 11 is 3.45. The summed E-state index contributed by atoms with van der Waals surface area (Å²) in [7, 11) is 0. The molecular weight excluding hydrogens is 458 g/mol. The van der Waals surface area contributed by atoms with Crippen LogP contribution in [0.5, 0.6) is 0 Å². The van der Waals surface area contributed by atoms with E-state index in [-0.39, 0.29) is 18.4 Å². The van der Waals surface area contributed by atoms with Crippen LogP contribution in [-0.4, -0.2) is 29.3 Å². The Bertz CT molecular complexity index is 1030. The molecule has 0 bridgehead atoms. The molecule has 0 radical (unpaired) electrons. The molecule has 2 aromatic carbocycles. The number of rotatable bonds is 9. The van der Waals surface area contributed by atoms with Crippen molar-refractivity contribution in [1.29, 1.82) is 0 Å². The largest absolute Gasteiger partial charge is 0.468 e. The minimum Gasteiger partial charge on any atom is -0.468 e. The van der Waals surface area contributed by atoms with Crippen molar-refractivity contribution < 1.29 is 14.0 Å². The van der Waals surface area contributed by atoms with Gasteiger partial charge in [0, 0.05) is 22.6 Å². The zero-order chi connectivity index (χ0) is 21.6. The topological polar surface area (TPSA) is 74.6 Å². The number of para-hydroxylation sites is 1. The van der Waals surface area contributed by atoms with Crippen LogP contribution in [0, 0.1) is 0 Å². The summed E-state index contributed by atoms with van der Waals surface area (Å²) in [5.41, 5.74) is 2.40. The van der Waals surface area contributed by atoms with Gasteiger partial charge in [0.05, 0.1) is 25.0 Å². The number of amides is 2. The van der Waals surface area contributed by atoms with Crippen LogP contribution < -0.4 is 10.6 Å². The molecule has 4 rings (SSSR count). The van der Waals surface area contributed by atoms with Crippen molar-refractivity contribution in [2.45, 2.75) is 32.0 Å². The van der Waals surface area contributed by atoms with Crippen LogP contribution >= 0.6 is 15.9 Å². The normalized spacial score (nSPS) is 13.2. The first-order valence-electron chi connectivity index (χ1n) is 10.3. The SMILES string of the molecule is O=C(CN(Cc1ccc(C(=O)NC2CC2)cc1)Cc1ccco1)Nc1ccccc1Br. The highest BCUT2D eigenvalue weighted by molar-refractivity contribution is 9.10. The Labute approximate surface area is 189 Å². The van der Waals surface area contributed by atoms with Gasteiger partial charge in [-0.3, -0.25) is 14.5 Å². The van der Waals surface area contributed by atoms with Gasteiger partial charge in [-0.2, -0.15) is 0 Å². The summed E-state index contributed by atoms with van der Waals surface area (Å²) < 4.78 is 6.31. The first-order valence-corrected chi connectivity index (χ1v) is 11.0. The standard InChI is InChI=1S/C24H24BrN3O3/c25-21-5-1-2-6-22(21)27-23(29)16-28(15-20-4-3-13-31-20)14-17-7-9-18(10-8-17)24(30)26-19-11-12-19/h1-10,13,19H,11-12,14-16H2,(H,26,30)(H,27,29). The molecule has 1 aliphatic carbocycles. The van der Waals surface area contributed by atoms with Gasteiger partial charge in [0.2, 0.25) is 5.91 Å². The van der Waals surface area contributed by atoms with Gasteiger partial charge in [-0.15, -0.1) is 0 Å². The van der Waals surface area contributed by atoms with Crippen LogP contribution in [0.1, 0.15) is 34.5 Å². The third kappa shape index (κ3) is 6.29. The molecule has 2 N–H and O–H groups in total. The maximum Gasteiger partial charge on any atom is 0.251 e. The second-order valence-corrected chi connectivity index (χ2v) is 8.55. The molecule has 2 amide bonds. The second kappa shape index (κ2) is 9.94. The van der Waals surface area contributed by atoms with Crippen LogP contribution in [0.3, 0.4) is 0 Å². The highest BCUT2D eigenvalue weighted by atomic mass is 79.9. The van der Waals surface area contributed by atoms with E-state index in [0.29, 0.717) is 24.7 Å². The summed E-state index contributed by atoms with van der Waals surface area (Å²) in [4.78, 5) is 26.9. The summed E-state index contributed by atoms with van der Waals surface area (Å²) in [6.45, 7) is 1.25. The second-order valence-electron chi connectivity index (χ2n) is 7.70. The van der Waals surface area contributed by atoms with Crippen LogP contribution in [-0.2, 0) is 17.9 Å². The zero-order valence-corrected chi connectivity index (χ0v) is 18.6. The minimum atomic E-state index is -0.112. The Morgan fingerprint density at radius 2 is 1.77 bits per heavy atom. The highest BCUT2D eigenvalue weighted by Crippen LogP contribution is 2.22. The van der Waals surface area contributed by atoms with Crippen molar-refractivity contribution in [3.63, 3.8) is 0 Å².